The van der Waals surface area contributed by atoms with Crippen molar-refractivity contribution in [2.24, 2.45) is 0 Å². The highest BCUT2D eigenvalue weighted by Gasteiger charge is 2.15. The van der Waals surface area contributed by atoms with Gasteiger partial charge in [0.2, 0.25) is 5.95 Å². The third kappa shape index (κ3) is 4.56. The molecular formula is C18H16BrN5O3. The number of ether oxygens (including phenoxy) is 1. The van der Waals surface area contributed by atoms with Gasteiger partial charge in [0.1, 0.15) is 12.2 Å². The van der Waals surface area contributed by atoms with Gasteiger partial charge in [-0.15, -0.1) is 5.10 Å². The van der Waals surface area contributed by atoms with Crippen LogP contribution < -0.4 is 5.32 Å². The standard InChI is InChI=1S/C18H16BrN5O3/c1-10-13(6-7-14(20-10)11-4-3-5-12(19)8-11)17(26)22-18-21-15(23-24-18)9-16(25)27-2/h3-8H,9H2,1-2H3,(H2,21,22,23,24,26). The molecule has 2 heterocycles. The molecule has 0 bridgehead atoms. The number of aromatic nitrogens is 4. The molecule has 0 atom stereocenters. The zero-order valence-corrected chi connectivity index (χ0v) is 16.2. The van der Waals surface area contributed by atoms with E-state index in [4.69, 9.17) is 0 Å². The predicted molar refractivity (Wildman–Crippen MR) is 102 cm³/mol. The number of methoxy groups -OCH3 is 1. The number of nitrogens with one attached hydrogen (secondary N) is 2. The second kappa shape index (κ2) is 8.09. The van der Waals surface area contributed by atoms with Gasteiger partial charge >= 0.3 is 5.97 Å². The van der Waals surface area contributed by atoms with E-state index in [9.17, 15) is 9.59 Å². The first-order chi connectivity index (χ1) is 13.0. The minimum absolute atomic E-state index is 0.0543. The fourth-order valence-corrected chi connectivity index (χ4v) is 2.82. The Hall–Kier alpha value is -3.07. The van der Waals surface area contributed by atoms with Crippen LogP contribution in [0.25, 0.3) is 11.3 Å². The number of pyridine rings is 1. The zero-order chi connectivity index (χ0) is 19.4. The van der Waals surface area contributed by atoms with Crippen LogP contribution in [0.4, 0.5) is 5.95 Å². The molecule has 0 unspecified atom stereocenters. The van der Waals surface area contributed by atoms with Crippen LogP contribution in [-0.2, 0) is 16.0 Å². The number of anilines is 1. The molecule has 1 amide bonds. The van der Waals surface area contributed by atoms with E-state index in [-0.39, 0.29) is 18.3 Å². The first-order valence-corrected chi connectivity index (χ1v) is 8.78. The Bertz CT molecular complexity index is 1000. The van der Waals surface area contributed by atoms with Gasteiger partial charge in [0.25, 0.3) is 5.91 Å². The quantitative estimate of drug-likeness (QED) is 0.603. The number of hydrogen-bond acceptors (Lipinski definition) is 6. The molecule has 0 fully saturated rings. The van der Waals surface area contributed by atoms with Gasteiger partial charge in [-0.3, -0.25) is 25.0 Å². The number of esters is 1. The smallest absolute Gasteiger partial charge is 0.313 e. The summed E-state index contributed by atoms with van der Waals surface area (Å²) in [4.78, 5) is 32.3. The van der Waals surface area contributed by atoms with Crippen molar-refractivity contribution in [1.29, 1.82) is 0 Å². The number of carbonyl (C=O) groups excluding carboxylic acids is 2. The summed E-state index contributed by atoms with van der Waals surface area (Å²) in [6, 6.07) is 11.2. The normalized spacial score (nSPS) is 10.5. The second-order valence-corrected chi connectivity index (χ2v) is 6.57. The third-order valence-corrected chi connectivity index (χ3v) is 4.24. The van der Waals surface area contributed by atoms with Crippen molar-refractivity contribution in [3.8, 4) is 11.3 Å². The zero-order valence-electron chi connectivity index (χ0n) is 14.6. The number of amides is 1. The molecule has 0 aliphatic rings. The molecule has 0 saturated carbocycles. The van der Waals surface area contributed by atoms with Gasteiger partial charge in [-0.2, -0.15) is 4.98 Å². The van der Waals surface area contributed by atoms with E-state index in [1.165, 1.54) is 7.11 Å². The van der Waals surface area contributed by atoms with E-state index in [1.807, 2.05) is 24.3 Å². The molecule has 8 nitrogen and oxygen atoms in total. The summed E-state index contributed by atoms with van der Waals surface area (Å²) >= 11 is 3.44. The molecule has 2 N–H and O–H groups in total. The number of halogens is 1. The lowest BCUT2D eigenvalue weighted by atomic mass is 10.1. The van der Waals surface area contributed by atoms with Gasteiger partial charge in [0.15, 0.2) is 0 Å². The van der Waals surface area contributed by atoms with Crippen LogP contribution in [0.5, 0.6) is 0 Å². The number of rotatable bonds is 5. The SMILES string of the molecule is COC(=O)Cc1nc(NC(=O)c2ccc(-c3cccc(Br)c3)nc2C)n[nH]1. The fourth-order valence-electron chi connectivity index (χ4n) is 2.42. The minimum atomic E-state index is -0.452. The van der Waals surface area contributed by atoms with Crippen LogP contribution in [0.3, 0.4) is 0 Å². The van der Waals surface area contributed by atoms with Gasteiger partial charge < -0.3 is 4.74 Å². The maximum absolute atomic E-state index is 12.5. The van der Waals surface area contributed by atoms with Crippen molar-refractivity contribution in [2.75, 3.05) is 12.4 Å². The fraction of sp³-hybridized carbons (Fsp3) is 0.167. The Morgan fingerprint density at radius 1 is 1.22 bits per heavy atom. The first-order valence-electron chi connectivity index (χ1n) is 7.99. The molecule has 0 radical (unpaired) electrons. The van der Waals surface area contributed by atoms with Crippen LogP contribution in [0, 0.1) is 6.92 Å². The van der Waals surface area contributed by atoms with Gasteiger partial charge in [-0.05, 0) is 31.2 Å². The van der Waals surface area contributed by atoms with E-state index in [2.05, 4.69) is 46.1 Å². The number of aromatic amines is 1. The third-order valence-electron chi connectivity index (χ3n) is 3.75. The second-order valence-electron chi connectivity index (χ2n) is 5.65. The van der Waals surface area contributed by atoms with Crippen molar-refractivity contribution in [1.82, 2.24) is 20.2 Å². The molecule has 2 aromatic heterocycles. The number of carbonyl (C=O) groups is 2. The number of aryl methyl sites for hydroxylation is 1. The highest BCUT2D eigenvalue weighted by Crippen LogP contribution is 2.22. The molecule has 0 aliphatic carbocycles. The molecule has 1 aromatic carbocycles. The van der Waals surface area contributed by atoms with Gasteiger partial charge in [0.05, 0.1) is 24.1 Å². The van der Waals surface area contributed by atoms with Crippen LogP contribution >= 0.6 is 15.9 Å². The van der Waals surface area contributed by atoms with Crippen molar-refractivity contribution in [3.05, 3.63) is 58.0 Å². The molecule has 0 saturated heterocycles. The summed E-state index contributed by atoms with van der Waals surface area (Å²) < 4.78 is 5.51. The summed E-state index contributed by atoms with van der Waals surface area (Å²) in [5, 5.41) is 9.04. The van der Waals surface area contributed by atoms with E-state index in [0.717, 1.165) is 15.7 Å². The molecule has 27 heavy (non-hydrogen) atoms. The molecule has 9 heteroatoms. The van der Waals surface area contributed by atoms with Gasteiger partial charge in [-0.1, -0.05) is 28.1 Å². The summed E-state index contributed by atoms with van der Waals surface area (Å²) in [6.07, 6.45) is -0.0543. The Kier molecular flexibility index (Phi) is 5.60. The van der Waals surface area contributed by atoms with Crippen LogP contribution in [0.1, 0.15) is 21.9 Å². The Morgan fingerprint density at radius 2 is 2.04 bits per heavy atom. The van der Waals surface area contributed by atoms with Crippen LogP contribution in [0.15, 0.2) is 40.9 Å². The largest absolute Gasteiger partial charge is 0.469 e. The lowest BCUT2D eigenvalue weighted by Gasteiger charge is -2.07. The molecular weight excluding hydrogens is 414 g/mol. The van der Waals surface area contributed by atoms with Crippen molar-refractivity contribution in [3.63, 3.8) is 0 Å². The van der Waals surface area contributed by atoms with Crippen LogP contribution in [0.2, 0.25) is 0 Å². The lowest BCUT2D eigenvalue weighted by Crippen LogP contribution is -2.15. The summed E-state index contributed by atoms with van der Waals surface area (Å²) in [5.74, 6) is -0.456. The van der Waals surface area contributed by atoms with Crippen molar-refractivity contribution < 1.29 is 14.3 Å². The Morgan fingerprint density at radius 3 is 2.74 bits per heavy atom. The number of benzene rings is 1. The summed E-state index contributed by atoms with van der Waals surface area (Å²) in [7, 11) is 1.29. The van der Waals surface area contributed by atoms with Gasteiger partial charge in [0, 0.05) is 10.0 Å². The topological polar surface area (TPSA) is 110 Å². The minimum Gasteiger partial charge on any atom is -0.469 e. The van der Waals surface area contributed by atoms with E-state index in [1.54, 1.807) is 19.1 Å². The average molecular weight is 430 g/mol. The number of H-pyrrole nitrogens is 1. The van der Waals surface area contributed by atoms with Crippen molar-refractivity contribution in [2.45, 2.75) is 13.3 Å². The molecule has 0 spiro atoms. The first kappa shape index (κ1) is 18.7. The maximum Gasteiger partial charge on any atom is 0.313 e. The average Bonchev–Trinajstić information content (AvgIpc) is 3.08. The Balaban J connectivity index is 1.74. The lowest BCUT2D eigenvalue weighted by molar-refractivity contribution is -0.139. The number of nitrogens with zero attached hydrogens (tertiary/aromatic N) is 3. The van der Waals surface area contributed by atoms with Gasteiger partial charge in [-0.25, -0.2) is 0 Å². The molecule has 138 valence electrons. The highest BCUT2D eigenvalue weighted by molar-refractivity contribution is 9.10. The molecule has 0 aliphatic heterocycles. The predicted octanol–water partition coefficient (Wildman–Crippen LogP) is 2.91. The number of hydrogen-bond donors (Lipinski definition) is 2. The van der Waals surface area contributed by atoms with E-state index < -0.39 is 5.97 Å². The highest BCUT2D eigenvalue weighted by atomic mass is 79.9. The Labute approximate surface area is 163 Å². The molecule has 3 rings (SSSR count). The maximum atomic E-state index is 12.5. The van der Waals surface area contributed by atoms with Crippen LogP contribution in [-0.4, -0.2) is 39.2 Å². The van der Waals surface area contributed by atoms with Crippen molar-refractivity contribution >= 4 is 33.8 Å². The summed E-state index contributed by atoms with van der Waals surface area (Å²) in [5.41, 5.74) is 2.70. The summed E-state index contributed by atoms with van der Waals surface area (Å²) in [6.45, 7) is 1.76. The molecule has 3 aromatic rings. The van der Waals surface area contributed by atoms with E-state index in [0.29, 0.717) is 17.1 Å². The monoisotopic (exact) mass is 429 g/mol. The van der Waals surface area contributed by atoms with E-state index >= 15 is 0 Å².